The molecule has 0 aromatic heterocycles. The van der Waals surface area contributed by atoms with Crippen molar-refractivity contribution in [3.8, 4) is 0 Å². The molecule has 2 rings (SSSR count). The van der Waals surface area contributed by atoms with Gasteiger partial charge in [0.25, 0.3) is 0 Å². The third-order valence-electron chi connectivity index (χ3n) is 2.33. The molecule has 0 spiro atoms. The maximum atomic E-state index is 5.44. The SMILES string of the molecule is NCC=Cc1ccc2ccccc2c1Br. The Hall–Kier alpha value is -1.12. The summed E-state index contributed by atoms with van der Waals surface area (Å²) in [5.41, 5.74) is 6.60. The first-order valence-electron chi connectivity index (χ1n) is 4.87. The minimum Gasteiger partial charge on any atom is -0.327 e. The quantitative estimate of drug-likeness (QED) is 0.879. The lowest BCUT2D eigenvalue weighted by Crippen LogP contribution is -1.92. The topological polar surface area (TPSA) is 26.0 Å². The van der Waals surface area contributed by atoms with Crippen molar-refractivity contribution >= 4 is 32.8 Å². The van der Waals surface area contributed by atoms with E-state index in [0.717, 1.165) is 4.47 Å². The summed E-state index contributed by atoms with van der Waals surface area (Å²) >= 11 is 3.62. The number of nitrogens with two attached hydrogens (primary N) is 1. The zero-order chi connectivity index (χ0) is 10.7. The van der Waals surface area contributed by atoms with Gasteiger partial charge in [-0.1, -0.05) is 48.6 Å². The van der Waals surface area contributed by atoms with Crippen LogP contribution in [0.25, 0.3) is 16.8 Å². The van der Waals surface area contributed by atoms with Crippen LogP contribution in [-0.4, -0.2) is 6.54 Å². The van der Waals surface area contributed by atoms with Gasteiger partial charge in [0, 0.05) is 11.0 Å². The van der Waals surface area contributed by atoms with Crippen LogP contribution in [0.3, 0.4) is 0 Å². The van der Waals surface area contributed by atoms with E-state index >= 15 is 0 Å². The van der Waals surface area contributed by atoms with Crippen LogP contribution < -0.4 is 5.73 Å². The van der Waals surface area contributed by atoms with Gasteiger partial charge in [-0.05, 0) is 32.3 Å². The normalized spacial score (nSPS) is 11.3. The largest absolute Gasteiger partial charge is 0.327 e. The molecule has 0 heterocycles. The highest BCUT2D eigenvalue weighted by Gasteiger charge is 2.01. The first-order chi connectivity index (χ1) is 7.33. The summed E-state index contributed by atoms with van der Waals surface area (Å²) in [6.45, 7) is 0.569. The molecule has 76 valence electrons. The third-order valence-corrected chi connectivity index (χ3v) is 3.21. The van der Waals surface area contributed by atoms with Crippen LogP contribution in [-0.2, 0) is 0 Å². The molecule has 0 saturated heterocycles. The van der Waals surface area contributed by atoms with E-state index in [9.17, 15) is 0 Å². The van der Waals surface area contributed by atoms with Gasteiger partial charge in [-0.3, -0.25) is 0 Å². The summed E-state index contributed by atoms with van der Waals surface area (Å²) in [5, 5.41) is 2.48. The Morgan fingerprint density at radius 1 is 1.13 bits per heavy atom. The standard InChI is InChI=1S/C13H12BrN/c14-13-11(5-3-9-15)8-7-10-4-1-2-6-12(10)13/h1-8H,9,15H2. The lowest BCUT2D eigenvalue weighted by molar-refractivity contribution is 1.26. The minimum absolute atomic E-state index is 0.569. The van der Waals surface area contributed by atoms with Crippen molar-refractivity contribution in [1.82, 2.24) is 0 Å². The highest BCUT2D eigenvalue weighted by Crippen LogP contribution is 2.28. The number of halogens is 1. The van der Waals surface area contributed by atoms with Gasteiger partial charge < -0.3 is 5.73 Å². The molecule has 0 atom stereocenters. The van der Waals surface area contributed by atoms with Crippen LogP contribution in [0, 0.1) is 0 Å². The third kappa shape index (κ3) is 2.11. The smallest absolute Gasteiger partial charge is 0.0326 e. The van der Waals surface area contributed by atoms with Crippen molar-refractivity contribution in [3.63, 3.8) is 0 Å². The number of hydrogen-bond acceptors (Lipinski definition) is 1. The second-order valence-electron chi connectivity index (χ2n) is 3.33. The molecule has 0 aliphatic carbocycles. The predicted octanol–water partition coefficient (Wildman–Crippen LogP) is 3.57. The molecular formula is C13H12BrN. The van der Waals surface area contributed by atoms with Gasteiger partial charge in [0.2, 0.25) is 0 Å². The van der Waals surface area contributed by atoms with Crippen molar-refractivity contribution in [2.75, 3.05) is 6.54 Å². The molecule has 0 amide bonds. The number of benzene rings is 2. The van der Waals surface area contributed by atoms with Crippen LogP contribution in [0.5, 0.6) is 0 Å². The fourth-order valence-electron chi connectivity index (χ4n) is 1.57. The Kier molecular flexibility index (Phi) is 3.19. The first-order valence-corrected chi connectivity index (χ1v) is 5.66. The molecule has 1 nitrogen and oxygen atoms in total. The van der Waals surface area contributed by atoms with Crippen molar-refractivity contribution in [3.05, 3.63) is 52.5 Å². The fourth-order valence-corrected chi connectivity index (χ4v) is 2.20. The molecule has 0 radical (unpaired) electrons. The monoisotopic (exact) mass is 261 g/mol. The van der Waals surface area contributed by atoms with Gasteiger partial charge in [-0.15, -0.1) is 0 Å². The second kappa shape index (κ2) is 4.60. The Labute approximate surface area is 97.7 Å². The van der Waals surface area contributed by atoms with Crippen molar-refractivity contribution in [2.24, 2.45) is 5.73 Å². The molecule has 2 heteroatoms. The van der Waals surface area contributed by atoms with Gasteiger partial charge in [0.05, 0.1) is 0 Å². The molecule has 0 fully saturated rings. The summed E-state index contributed by atoms with van der Waals surface area (Å²) in [4.78, 5) is 0. The molecule has 0 bridgehead atoms. The molecule has 2 aromatic carbocycles. The van der Waals surface area contributed by atoms with Crippen molar-refractivity contribution in [2.45, 2.75) is 0 Å². The van der Waals surface area contributed by atoms with Crippen LogP contribution in [0.1, 0.15) is 5.56 Å². The van der Waals surface area contributed by atoms with E-state index in [1.807, 2.05) is 24.3 Å². The zero-order valence-corrected chi connectivity index (χ0v) is 9.87. The average Bonchev–Trinajstić information content (AvgIpc) is 2.29. The number of fused-ring (bicyclic) bond motifs is 1. The Morgan fingerprint density at radius 2 is 1.93 bits per heavy atom. The van der Waals surface area contributed by atoms with E-state index in [1.165, 1.54) is 16.3 Å². The Morgan fingerprint density at radius 3 is 2.73 bits per heavy atom. The molecular weight excluding hydrogens is 250 g/mol. The summed E-state index contributed by atoms with van der Waals surface area (Å²) < 4.78 is 1.13. The Bertz CT molecular complexity index is 503. The van der Waals surface area contributed by atoms with E-state index in [2.05, 4.69) is 40.2 Å². The lowest BCUT2D eigenvalue weighted by Gasteiger charge is -2.03. The molecule has 0 saturated carbocycles. The van der Waals surface area contributed by atoms with Crippen LogP contribution >= 0.6 is 15.9 Å². The van der Waals surface area contributed by atoms with Crippen LogP contribution in [0.4, 0.5) is 0 Å². The molecule has 0 unspecified atom stereocenters. The van der Waals surface area contributed by atoms with Gasteiger partial charge in [0.15, 0.2) is 0 Å². The maximum absolute atomic E-state index is 5.44. The second-order valence-corrected chi connectivity index (χ2v) is 4.12. The summed E-state index contributed by atoms with van der Waals surface area (Å²) in [7, 11) is 0. The van der Waals surface area contributed by atoms with E-state index in [1.54, 1.807) is 0 Å². The summed E-state index contributed by atoms with van der Waals surface area (Å²) in [6, 6.07) is 12.5. The predicted molar refractivity (Wildman–Crippen MR) is 69.7 cm³/mol. The minimum atomic E-state index is 0.569. The van der Waals surface area contributed by atoms with E-state index in [4.69, 9.17) is 5.73 Å². The van der Waals surface area contributed by atoms with Crippen LogP contribution in [0.15, 0.2) is 46.9 Å². The Balaban J connectivity index is 2.60. The maximum Gasteiger partial charge on any atom is 0.0326 e. The number of rotatable bonds is 2. The van der Waals surface area contributed by atoms with E-state index in [0.29, 0.717) is 6.54 Å². The van der Waals surface area contributed by atoms with E-state index < -0.39 is 0 Å². The zero-order valence-electron chi connectivity index (χ0n) is 8.28. The summed E-state index contributed by atoms with van der Waals surface area (Å²) in [5.74, 6) is 0. The highest BCUT2D eigenvalue weighted by molar-refractivity contribution is 9.10. The fraction of sp³-hybridized carbons (Fsp3) is 0.0769. The van der Waals surface area contributed by atoms with Gasteiger partial charge >= 0.3 is 0 Å². The van der Waals surface area contributed by atoms with Crippen molar-refractivity contribution < 1.29 is 0 Å². The molecule has 0 aliphatic rings. The van der Waals surface area contributed by atoms with Crippen LogP contribution in [0.2, 0.25) is 0 Å². The van der Waals surface area contributed by atoms with E-state index in [-0.39, 0.29) is 0 Å². The average molecular weight is 262 g/mol. The molecule has 15 heavy (non-hydrogen) atoms. The van der Waals surface area contributed by atoms with Gasteiger partial charge in [-0.25, -0.2) is 0 Å². The molecule has 0 aliphatic heterocycles. The highest BCUT2D eigenvalue weighted by atomic mass is 79.9. The van der Waals surface area contributed by atoms with Crippen molar-refractivity contribution in [1.29, 1.82) is 0 Å². The van der Waals surface area contributed by atoms with Gasteiger partial charge in [-0.2, -0.15) is 0 Å². The molecule has 2 N–H and O–H groups in total. The lowest BCUT2D eigenvalue weighted by atomic mass is 10.1. The summed E-state index contributed by atoms with van der Waals surface area (Å²) in [6.07, 6.45) is 3.99. The number of hydrogen-bond donors (Lipinski definition) is 1. The molecule has 2 aromatic rings. The van der Waals surface area contributed by atoms with Gasteiger partial charge in [0.1, 0.15) is 0 Å². The first kappa shape index (κ1) is 10.4.